The molecule has 0 unspecified atom stereocenters. The van der Waals surface area contributed by atoms with E-state index in [2.05, 4.69) is 100 Å². The molecule has 1 saturated heterocycles. The zero-order valence-corrected chi connectivity index (χ0v) is 29.5. The normalized spacial score (nSPS) is 19.2. The van der Waals surface area contributed by atoms with Crippen LogP contribution in [0.2, 0.25) is 31.4 Å². The van der Waals surface area contributed by atoms with Crippen molar-refractivity contribution in [1.29, 1.82) is 0 Å². The molecule has 204 valence electrons. The van der Waals surface area contributed by atoms with Gasteiger partial charge in [-0.05, 0) is 0 Å². The molecule has 1 aliphatic rings. The molecule has 0 atom stereocenters. The third-order valence-corrected chi connectivity index (χ3v) is 29.4. The Kier molecular flexibility index (Phi) is 13.4. The molecule has 35 heavy (non-hydrogen) atoms. The van der Waals surface area contributed by atoms with Crippen molar-refractivity contribution in [2.24, 2.45) is 0 Å². The topological polar surface area (TPSA) is 27.7 Å². The zero-order valence-electron chi connectivity index (χ0n) is 25.6. The summed E-state index contributed by atoms with van der Waals surface area (Å²) in [7, 11) is -2.11. The van der Waals surface area contributed by atoms with E-state index >= 15 is 0 Å². The third-order valence-electron chi connectivity index (χ3n) is 8.94. The fraction of sp³-hybridized carbons (Fsp3) is 0.862. The van der Waals surface area contributed by atoms with E-state index in [9.17, 15) is 0 Å². The van der Waals surface area contributed by atoms with Crippen molar-refractivity contribution >= 4 is 33.8 Å². The van der Waals surface area contributed by atoms with Crippen molar-refractivity contribution in [2.75, 3.05) is 6.61 Å². The number of rotatable bonds is 15. The Morgan fingerprint density at radius 1 is 0.857 bits per heavy atom. The molecule has 0 bridgehead atoms. The molecule has 0 N–H and O–H groups in total. The van der Waals surface area contributed by atoms with Gasteiger partial charge in [-0.25, -0.2) is 0 Å². The van der Waals surface area contributed by atoms with Gasteiger partial charge in [0.1, 0.15) is 0 Å². The molecule has 0 radical (unpaired) electrons. The van der Waals surface area contributed by atoms with Crippen LogP contribution in [0.25, 0.3) is 0 Å². The number of hydrogen-bond acceptors (Lipinski definition) is 3. The van der Waals surface area contributed by atoms with Crippen LogP contribution < -0.4 is 0 Å². The van der Waals surface area contributed by atoms with E-state index in [1.807, 2.05) is 0 Å². The Balaban J connectivity index is 3.37. The summed E-state index contributed by atoms with van der Waals surface area (Å²) in [4.78, 5) is 0. The van der Waals surface area contributed by atoms with E-state index in [0.717, 1.165) is 6.61 Å². The molecular weight excluding hydrogens is 554 g/mol. The average Bonchev–Trinajstić information content (AvgIpc) is 2.95. The predicted molar refractivity (Wildman–Crippen MR) is 161 cm³/mol. The molecule has 1 aliphatic heterocycles. The molecule has 0 aliphatic carbocycles. The van der Waals surface area contributed by atoms with Crippen LogP contribution in [0.4, 0.5) is 0 Å². The molecule has 0 saturated carbocycles. The van der Waals surface area contributed by atoms with Crippen LogP contribution in [0.3, 0.4) is 0 Å². The van der Waals surface area contributed by atoms with E-state index < -0.39 is 26.7 Å². The van der Waals surface area contributed by atoms with Crippen molar-refractivity contribution in [3.05, 3.63) is 21.7 Å². The van der Waals surface area contributed by atoms with Gasteiger partial charge in [-0.2, -0.15) is 0 Å². The van der Waals surface area contributed by atoms with Crippen LogP contribution in [0.1, 0.15) is 108 Å². The van der Waals surface area contributed by atoms with Gasteiger partial charge in [0.05, 0.1) is 0 Å². The van der Waals surface area contributed by atoms with Gasteiger partial charge in [-0.1, -0.05) is 0 Å². The number of hydrogen-bond donors (Lipinski definition) is 0. The van der Waals surface area contributed by atoms with E-state index in [1.165, 1.54) is 51.8 Å². The molecule has 3 nitrogen and oxygen atoms in total. The van der Waals surface area contributed by atoms with E-state index in [4.69, 9.17) is 13.7 Å². The van der Waals surface area contributed by atoms with Crippen molar-refractivity contribution in [1.82, 2.24) is 0 Å². The first-order chi connectivity index (χ1) is 16.1. The van der Waals surface area contributed by atoms with Crippen LogP contribution in [0.5, 0.6) is 0 Å². The first kappa shape index (κ1) is 33.5. The first-order valence-corrected chi connectivity index (χ1v) is 24.8. The van der Waals surface area contributed by atoms with Crippen molar-refractivity contribution in [3.63, 3.8) is 0 Å². The molecule has 6 heteroatoms. The second-order valence-electron chi connectivity index (χ2n) is 13.3. The van der Waals surface area contributed by atoms with Gasteiger partial charge in [0.25, 0.3) is 0 Å². The third kappa shape index (κ3) is 9.60. The molecule has 0 spiro atoms. The SMILES string of the molecule is CCC[CH2][Sn]([CH2]CCC)([CH2]CCC)/[C](=C/C=C/B1OC(C)(C)C(C)(C)O1)CO[Si](C)(C)C(C)(C)C. The molecular formula is C29H59BO3SiSn. The predicted octanol–water partition coefficient (Wildman–Crippen LogP) is 9.51. The zero-order chi connectivity index (χ0) is 27.0. The van der Waals surface area contributed by atoms with Crippen LogP contribution in [-0.4, -0.2) is 51.6 Å². The van der Waals surface area contributed by atoms with Crippen LogP contribution in [-0.2, 0) is 13.7 Å². The molecule has 0 aromatic rings. The van der Waals surface area contributed by atoms with E-state index in [0.29, 0.717) is 0 Å². The molecule has 1 rings (SSSR count). The van der Waals surface area contributed by atoms with Crippen LogP contribution >= 0.6 is 0 Å². The van der Waals surface area contributed by atoms with Crippen molar-refractivity contribution in [3.8, 4) is 0 Å². The summed E-state index contributed by atoms with van der Waals surface area (Å²) in [5.74, 6) is 2.12. The Bertz CT molecular complexity index is 657. The van der Waals surface area contributed by atoms with Gasteiger partial charge in [0.15, 0.2) is 0 Å². The van der Waals surface area contributed by atoms with Crippen molar-refractivity contribution in [2.45, 2.75) is 150 Å². The van der Waals surface area contributed by atoms with E-state index in [1.54, 1.807) is 3.59 Å². The Labute approximate surface area is 225 Å². The summed E-state index contributed by atoms with van der Waals surface area (Å²) in [6, 6.07) is 0. The summed E-state index contributed by atoms with van der Waals surface area (Å²) in [5.41, 5.74) is -0.598. The fourth-order valence-corrected chi connectivity index (χ4v) is 21.9. The molecule has 1 fully saturated rings. The van der Waals surface area contributed by atoms with Crippen LogP contribution in [0, 0.1) is 0 Å². The van der Waals surface area contributed by atoms with Gasteiger partial charge in [0, 0.05) is 0 Å². The van der Waals surface area contributed by atoms with E-state index in [-0.39, 0.29) is 23.4 Å². The summed E-state index contributed by atoms with van der Waals surface area (Å²) in [6.45, 7) is 28.2. The minimum absolute atomic E-state index is 0.227. The van der Waals surface area contributed by atoms with Gasteiger partial charge in [0.2, 0.25) is 0 Å². The Morgan fingerprint density at radius 2 is 1.29 bits per heavy atom. The standard InChI is InChI=1S/C17H32BO3Si.3C4H9.Sn/c1-15(2,3)22(8,9)19-14-12-10-11-13-18-20-16(4,5)17(6,7)21-18;3*1-3-4-2;/h10-11,13H,14H2,1-9H3;3*1,3-4H2,2H3;/b12-10?,13-11+;;;;. The second kappa shape index (κ2) is 14.0. The summed E-state index contributed by atoms with van der Waals surface area (Å²) < 4.78 is 25.5. The maximum absolute atomic E-state index is 6.92. The van der Waals surface area contributed by atoms with Gasteiger partial charge in [-0.3, -0.25) is 0 Å². The second-order valence-corrected chi connectivity index (χ2v) is 31.6. The quantitative estimate of drug-likeness (QED) is 0.136. The van der Waals surface area contributed by atoms with Crippen molar-refractivity contribution < 1.29 is 13.7 Å². The maximum atomic E-state index is 6.92. The molecule has 0 amide bonds. The Hall–Kier alpha value is 0.441. The number of allylic oxidation sites excluding steroid dienone is 2. The number of unbranched alkanes of at least 4 members (excludes halogenated alkanes) is 3. The summed E-state index contributed by atoms with van der Waals surface area (Å²) in [5, 5.41) is 0.227. The Morgan fingerprint density at radius 3 is 1.66 bits per heavy atom. The van der Waals surface area contributed by atoms with Crippen LogP contribution in [0.15, 0.2) is 21.7 Å². The first-order valence-electron chi connectivity index (χ1n) is 14.4. The molecule has 1 heterocycles. The summed E-state index contributed by atoms with van der Waals surface area (Å²) in [6.07, 6.45) is 12.6. The van der Waals surface area contributed by atoms with Gasteiger partial charge in [-0.15, -0.1) is 0 Å². The van der Waals surface area contributed by atoms with Gasteiger partial charge < -0.3 is 0 Å². The van der Waals surface area contributed by atoms with Gasteiger partial charge >= 0.3 is 226 Å². The fourth-order valence-electron chi connectivity index (χ4n) is 4.48. The average molecular weight is 613 g/mol. The molecule has 0 aromatic carbocycles. The minimum atomic E-state index is -2.61. The summed E-state index contributed by atoms with van der Waals surface area (Å²) >= 11 is -2.61. The molecule has 0 aromatic heterocycles. The monoisotopic (exact) mass is 614 g/mol.